The minimum absolute atomic E-state index is 0.00305. The number of hydrogen-bond acceptors (Lipinski definition) is 2. The number of carbonyl (C=O) groups is 2. The van der Waals surface area contributed by atoms with Gasteiger partial charge in [0.25, 0.3) is 0 Å². The Kier molecular flexibility index (Phi) is 11.3. The summed E-state index contributed by atoms with van der Waals surface area (Å²) in [6, 6.07) is 13.0. The average molecular weight is 442 g/mol. The lowest BCUT2D eigenvalue weighted by Crippen LogP contribution is -2.41. The molecule has 0 radical (unpaired) electrons. The SMILES string of the molecule is CCCCCCCCCC(=O)NCCN(C(=O)Nc1cccc(C)c1)c1ccc(F)cc1. The Morgan fingerprint density at radius 2 is 1.62 bits per heavy atom. The molecule has 3 amide bonds. The molecule has 0 bridgehead atoms. The molecular formula is C26H36FN3O2. The molecule has 0 heterocycles. The fraction of sp³-hybridized carbons (Fsp3) is 0.462. The molecule has 5 nitrogen and oxygen atoms in total. The van der Waals surface area contributed by atoms with Gasteiger partial charge in [-0.1, -0.05) is 57.6 Å². The first kappa shape index (κ1) is 25.4. The molecule has 0 aliphatic rings. The van der Waals surface area contributed by atoms with Gasteiger partial charge in [0.2, 0.25) is 5.91 Å². The molecule has 6 heteroatoms. The van der Waals surface area contributed by atoms with E-state index in [0.29, 0.717) is 24.3 Å². The zero-order chi connectivity index (χ0) is 23.2. The van der Waals surface area contributed by atoms with Gasteiger partial charge in [0.15, 0.2) is 0 Å². The second-order valence-corrected chi connectivity index (χ2v) is 8.15. The number of unbranched alkanes of at least 4 members (excludes halogenated alkanes) is 6. The van der Waals surface area contributed by atoms with Gasteiger partial charge in [-0.15, -0.1) is 0 Å². The van der Waals surface area contributed by atoms with Gasteiger partial charge in [-0.05, 0) is 55.3 Å². The van der Waals surface area contributed by atoms with Gasteiger partial charge >= 0.3 is 6.03 Å². The zero-order valence-electron chi connectivity index (χ0n) is 19.3. The molecule has 0 aromatic heterocycles. The summed E-state index contributed by atoms with van der Waals surface area (Å²) in [7, 11) is 0. The van der Waals surface area contributed by atoms with E-state index in [-0.39, 0.29) is 24.3 Å². The molecule has 0 saturated heterocycles. The van der Waals surface area contributed by atoms with Crippen LogP contribution in [0.15, 0.2) is 48.5 Å². The number of halogens is 1. The Bertz CT molecular complexity index is 839. The van der Waals surface area contributed by atoms with E-state index in [4.69, 9.17) is 0 Å². The van der Waals surface area contributed by atoms with E-state index in [2.05, 4.69) is 17.6 Å². The zero-order valence-corrected chi connectivity index (χ0v) is 19.3. The minimum Gasteiger partial charge on any atom is -0.354 e. The number of nitrogens with zero attached hydrogens (tertiary/aromatic N) is 1. The van der Waals surface area contributed by atoms with Crippen LogP contribution in [0.1, 0.15) is 63.9 Å². The van der Waals surface area contributed by atoms with Crippen molar-refractivity contribution in [1.29, 1.82) is 0 Å². The number of nitrogens with one attached hydrogen (secondary N) is 2. The van der Waals surface area contributed by atoms with Crippen molar-refractivity contribution < 1.29 is 14.0 Å². The van der Waals surface area contributed by atoms with Crippen molar-refractivity contribution in [1.82, 2.24) is 5.32 Å². The summed E-state index contributed by atoms with van der Waals surface area (Å²) in [6.45, 7) is 4.77. The predicted octanol–water partition coefficient (Wildman–Crippen LogP) is 6.43. The summed E-state index contributed by atoms with van der Waals surface area (Å²) >= 11 is 0. The molecule has 0 aliphatic heterocycles. The molecule has 0 unspecified atom stereocenters. The molecule has 0 aliphatic carbocycles. The monoisotopic (exact) mass is 441 g/mol. The summed E-state index contributed by atoms with van der Waals surface area (Å²) in [5.74, 6) is -0.368. The highest BCUT2D eigenvalue weighted by Crippen LogP contribution is 2.17. The van der Waals surface area contributed by atoms with Crippen LogP contribution in [0, 0.1) is 12.7 Å². The van der Waals surface area contributed by atoms with Crippen molar-refractivity contribution in [3.05, 3.63) is 59.9 Å². The Balaban J connectivity index is 1.84. The molecule has 174 valence electrons. The van der Waals surface area contributed by atoms with Crippen LogP contribution in [-0.2, 0) is 4.79 Å². The minimum atomic E-state index is -0.365. The van der Waals surface area contributed by atoms with Crippen LogP contribution in [0.5, 0.6) is 0 Å². The molecule has 0 saturated carbocycles. The molecule has 2 rings (SSSR count). The van der Waals surface area contributed by atoms with Crippen LogP contribution in [0.4, 0.5) is 20.6 Å². The number of amides is 3. The van der Waals surface area contributed by atoms with E-state index in [0.717, 1.165) is 18.4 Å². The molecule has 0 fully saturated rings. The quantitative estimate of drug-likeness (QED) is 0.352. The molecular weight excluding hydrogens is 405 g/mol. The lowest BCUT2D eigenvalue weighted by molar-refractivity contribution is -0.121. The van der Waals surface area contributed by atoms with Crippen molar-refractivity contribution >= 4 is 23.3 Å². The van der Waals surface area contributed by atoms with Gasteiger partial charge in [-0.3, -0.25) is 9.69 Å². The van der Waals surface area contributed by atoms with Crippen LogP contribution in [0.25, 0.3) is 0 Å². The normalized spacial score (nSPS) is 10.6. The first-order valence-electron chi connectivity index (χ1n) is 11.7. The number of carbonyl (C=O) groups excluding carboxylic acids is 2. The Morgan fingerprint density at radius 1 is 0.938 bits per heavy atom. The molecule has 2 N–H and O–H groups in total. The smallest absolute Gasteiger partial charge is 0.326 e. The number of benzene rings is 2. The van der Waals surface area contributed by atoms with Crippen molar-refractivity contribution in [2.24, 2.45) is 0 Å². The lowest BCUT2D eigenvalue weighted by atomic mass is 10.1. The summed E-state index contributed by atoms with van der Waals surface area (Å²) in [5.41, 5.74) is 2.29. The topological polar surface area (TPSA) is 61.4 Å². The van der Waals surface area contributed by atoms with E-state index in [1.807, 2.05) is 31.2 Å². The maximum Gasteiger partial charge on any atom is 0.326 e. The lowest BCUT2D eigenvalue weighted by Gasteiger charge is -2.23. The Hall–Kier alpha value is -2.89. The Labute approximate surface area is 191 Å². The maximum absolute atomic E-state index is 13.4. The van der Waals surface area contributed by atoms with Gasteiger partial charge in [0.05, 0.1) is 0 Å². The number of anilines is 2. The first-order chi connectivity index (χ1) is 15.5. The fourth-order valence-electron chi connectivity index (χ4n) is 3.52. The van der Waals surface area contributed by atoms with Gasteiger partial charge in [0.1, 0.15) is 5.82 Å². The molecule has 32 heavy (non-hydrogen) atoms. The molecule has 0 spiro atoms. The highest BCUT2D eigenvalue weighted by molar-refractivity contribution is 6.01. The summed E-state index contributed by atoms with van der Waals surface area (Å²) < 4.78 is 13.4. The number of urea groups is 1. The molecule has 2 aromatic rings. The summed E-state index contributed by atoms with van der Waals surface area (Å²) in [5, 5.41) is 5.78. The van der Waals surface area contributed by atoms with Gasteiger partial charge in [-0.25, -0.2) is 9.18 Å². The highest BCUT2D eigenvalue weighted by atomic mass is 19.1. The van der Waals surface area contributed by atoms with Crippen LogP contribution >= 0.6 is 0 Å². The maximum atomic E-state index is 13.4. The van der Waals surface area contributed by atoms with Crippen LogP contribution in [0.2, 0.25) is 0 Å². The fourth-order valence-corrected chi connectivity index (χ4v) is 3.52. The van der Waals surface area contributed by atoms with Crippen molar-refractivity contribution in [3.8, 4) is 0 Å². The van der Waals surface area contributed by atoms with Crippen LogP contribution < -0.4 is 15.5 Å². The predicted molar refractivity (Wildman–Crippen MR) is 130 cm³/mol. The van der Waals surface area contributed by atoms with Gasteiger partial charge in [0, 0.05) is 30.9 Å². The van der Waals surface area contributed by atoms with Crippen molar-refractivity contribution in [3.63, 3.8) is 0 Å². The largest absolute Gasteiger partial charge is 0.354 e. The second kappa shape index (κ2) is 14.2. The van der Waals surface area contributed by atoms with Gasteiger partial charge < -0.3 is 10.6 Å². The standard InChI is InChI=1S/C26H36FN3O2/c1-3-4-5-6-7-8-9-13-25(31)28-18-19-30(24-16-14-22(27)15-17-24)26(32)29-23-12-10-11-21(2)20-23/h10-12,14-17,20H,3-9,13,18-19H2,1-2H3,(H,28,31)(H,29,32). The third-order valence-corrected chi connectivity index (χ3v) is 5.32. The van der Waals surface area contributed by atoms with Crippen molar-refractivity contribution in [2.75, 3.05) is 23.3 Å². The Morgan fingerprint density at radius 3 is 2.31 bits per heavy atom. The van der Waals surface area contributed by atoms with Crippen LogP contribution in [0.3, 0.4) is 0 Å². The summed E-state index contributed by atoms with van der Waals surface area (Å²) in [4.78, 5) is 26.6. The van der Waals surface area contributed by atoms with Crippen molar-refractivity contribution in [2.45, 2.75) is 65.2 Å². The van der Waals surface area contributed by atoms with E-state index in [1.165, 1.54) is 49.1 Å². The molecule has 2 aromatic carbocycles. The highest BCUT2D eigenvalue weighted by Gasteiger charge is 2.16. The number of aryl methyl sites for hydroxylation is 1. The van der Waals surface area contributed by atoms with E-state index < -0.39 is 0 Å². The van der Waals surface area contributed by atoms with E-state index >= 15 is 0 Å². The first-order valence-corrected chi connectivity index (χ1v) is 11.7. The third kappa shape index (κ3) is 9.50. The van der Waals surface area contributed by atoms with Crippen LogP contribution in [-0.4, -0.2) is 25.0 Å². The summed E-state index contributed by atoms with van der Waals surface area (Å²) in [6.07, 6.45) is 8.64. The molecule has 0 atom stereocenters. The second-order valence-electron chi connectivity index (χ2n) is 8.15. The number of hydrogen-bond donors (Lipinski definition) is 2. The van der Waals surface area contributed by atoms with E-state index in [1.54, 1.807) is 12.1 Å². The van der Waals surface area contributed by atoms with Gasteiger partial charge in [-0.2, -0.15) is 0 Å². The van der Waals surface area contributed by atoms with E-state index in [9.17, 15) is 14.0 Å². The number of rotatable bonds is 13. The third-order valence-electron chi connectivity index (χ3n) is 5.32. The average Bonchev–Trinajstić information content (AvgIpc) is 2.77.